The summed E-state index contributed by atoms with van der Waals surface area (Å²) < 4.78 is 1.20. The lowest BCUT2D eigenvalue weighted by Crippen LogP contribution is -2.36. The summed E-state index contributed by atoms with van der Waals surface area (Å²) in [6.07, 6.45) is 2.00. The Bertz CT molecular complexity index is 483. The van der Waals surface area contributed by atoms with Crippen LogP contribution < -0.4 is 5.73 Å². The van der Waals surface area contributed by atoms with Gasteiger partial charge in [0.25, 0.3) is 0 Å². The Morgan fingerprint density at radius 3 is 2.88 bits per heavy atom. The second-order valence-corrected chi connectivity index (χ2v) is 5.64. The molecule has 1 aromatic rings. The molecule has 1 heterocycles. The zero-order chi connectivity index (χ0) is 11.3. The van der Waals surface area contributed by atoms with E-state index in [1.165, 1.54) is 15.6 Å². The van der Waals surface area contributed by atoms with Crippen LogP contribution in [0.1, 0.15) is 11.1 Å². The molecule has 0 saturated heterocycles. The molecule has 0 bridgehead atoms. The van der Waals surface area contributed by atoms with Crippen LogP contribution in [0.2, 0.25) is 0 Å². The summed E-state index contributed by atoms with van der Waals surface area (Å²) in [5.74, 6) is 0.670. The summed E-state index contributed by atoms with van der Waals surface area (Å²) in [5, 5.41) is 0. The van der Waals surface area contributed by atoms with Gasteiger partial charge in [-0.05, 0) is 17.2 Å². The van der Waals surface area contributed by atoms with Crippen LogP contribution in [0.5, 0.6) is 0 Å². The highest BCUT2D eigenvalue weighted by atomic mass is 79.9. The summed E-state index contributed by atoms with van der Waals surface area (Å²) in [7, 11) is 2.01. The highest BCUT2D eigenvalue weighted by molar-refractivity contribution is 9.10. The Kier molecular flexibility index (Phi) is 2.05. The molecule has 0 fully saturated rings. The third kappa shape index (κ3) is 1.36. The molecule has 2 aliphatic rings. The normalized spacial score (nSPS) is 27.4. The number of rotatable bonds is 0. The fourth-order valence-electron chi connectivity index (χ4n) is 2.79. The maximum atomic E-state index is 5.87. The van der Waals surface area contributed by atoms with Gasteiger partial charge in [0.05, 0.1) is 5.54 Å². The lowest BCUT2D eigenvalue weighted by Gasteiger charge is -2.20. The summed E-state index contributed by atoms with van der Waals surface area (Å²) in [6, 6.07) is 6.39. The number of aliphatic imine (C=N–C) groups is 1. The summed E-state index contributed by atoms with van der Waals surface area (Å²) in [4.78, 5) is 6.70. The molecule has 1 aliphatic carbocycles. The molecule has 1 aliphatic heterocycles. The minimum absolute atomic E-state index is 0.00889. The first-order valence-corrected chi connectivity index (χ1v) is 6.22. The van der Waals surface area contributed by atoms with Crippen LogP contribution in [-0.4, -0.2) is 30.0 Å². The minimum atomic E-state index is -0.00889. The summed E-state index contributed by atoms with van der Waals surface area (Å²) in [6.45, 7) is 0.931. The van der Waals surface area contributed by atoms with E-state index in [0.29, 0.717) is 5.96 Å². The van der Waals surface area contributed by atoms with E-state index in [0.717, 1.165) is 19.4 Å². The van der Waals surface area contributed by atoms with Gasteiger partial charge in [0.15, 0.2) is 5.96 Å². The van der Waals surface area contributed by atoms with Crippen molar-refractivity contribution in [2.24, 2.45) is 10.7 Å². The van der Waals surface area contributed by atoms with E-state index < -0.39 is 0 Å². The molecule has 0 saturated carbocycles. The van der Waals surface area contributed by atoms with Crippen LogP contribution in [0, 0.1) is 0 Å². The zero-order valence-corrected chi connectivity index (χ0v) is 10.8. The molecule has 0 amide bonds. The Labute approximate surface area is 103 Å². The van der Waals surface area contributed by atoms with Gasteiger partial charge in [-0.3, -0.25) is 0 Å². The molecule has 0 radical (unpaired) electrons. The van der Waals surface area contributed by atoms with Crippen molar-refractivity contribution < 1.29 is 0 Å². The van der Waals surface area contributed by atoms with E-state index in [2.05, 4.69) is 39.1 Å². The predicted octanol–water partition coefficient (Wildman–Crippen LogP) is 1.55. The third-order valence-corrected chi connectivity index (χ3v) is 4.26. The summed E-state index contributed by atoms with van der Waals surface area (Å²) in [5.41, 5.74) is 8.66. The number of nitrogens with two attached hydrogens (primary N) is 1. The predicted molar refractivity (Wildman–Crippen MR) is 68.5 cm³/mol. The topological polar surface area (TPSA) is 41.6 Å². The second kappa shape index (κ2) is 3.23. The van der Waals surface area contributed by atoms with Gasteiger partial charge in [-0.15, -0.1) is 0 Å². The smallest absolute Gasteiger partial charge is 0.191 e. The van der Waals surface area contributed by atoms with E-state index in [9.17, 15) is 0 Å². The van der Waals surface area contributed by atoms with Crippen molar-refractivity contribution in [1.29, 1.82) is 0 Å². The van der Waals surface area contributed by atoms with Crippen molar-refractivity contribution in [3.63, 3.8) is 0 Å². The summed E-state index contributed by atoms with van der Waals surface area (Å²) >= 11 is 3.61. The molecule has 3 nitrogen and oxygen atoms in total. The van der Waals surface area contributed by atoms with Gasteiger partial charge < -0.3 is 10.6 Å². The van der Waals surface area contributed by atoms with Gasteiger partial charge in [0.2, 0.25) is 0 Å². The lowest BCUT2D eigenvalue weighted by molar-refractivity contribution is 0.385. The fourth-order valence-corrected chi connectivity index (χ4v) is 3.34. The number of likely N-dealkylation sites (N-methyl/N-ethyl adjacent to an activating group) is 1. The molecule has 2 N–H and O–H groups in total. The molecule has 4 heteroatoms. The van der Waals surface area contributed by atoms with Crippen molar-refractivity contribution in [2.45, 2.75) is 18.4 Å². The molecular formula is C12H14BrN3. The molecule has 84 valence electrons. The van der Waals surface area contributed by atoms with E-state index in [1.807, 2.05) is 11.9 Å². The zero-order valence-electron chi connectivity index (χ0n) is 9.20. The van der Waals surface area contributed by atoms with Gasteiger partial charge >= 0.3 is 0 Å². The van der Waals surface area contributed by atoms with Crippen molar-refractivity contribution in [2.75, 3.05) is 13.6 Å². The van der Waals surface area contributed by atoms with Gasteiger partial charge in [-0.25, -0.2) is 4.99 Å². The SMILES string of the molecule is CN1CC2(Cc3cccc(Br)c3C2)N=C1N. The van der Waals surface area contributed by atoms with Crippen molar-refractivity contribution in [3.05, 3.63) is 33.8 Å². The average molecular weight is 280 g/mol. The van der Waals surface area contributed by atoms with Crippen molar-refractivity contribution in [3.8, 4) is 0 Å². The van der Waals surface area contributed by atoms with E-state index in [1.54, 1.807) is 0 Å². The maximum absolute atomic E-state index is 5.87. The quantitative estimate of drug-likeness (QED) is 0.783. The lowest BCUT2D eigenvalue weighted by atomic mass is 9.97. The van der Waals surface area contributed by atoms with E-state index in [4.69, 9.17) is 5.73 Å². The Balaban J connectivity index is 2.00. The number of hydrogen-bond acceptors (Lipinski definition) is 3. The van der Waals surface area contributed by atoms with Crippen LogP contribution in [0.25, 0.3) is 0 Å². The molecular weight excluding hydrogens is 266 g/mol. The highest BCUT2D eigenvalue weighted by Gasteiger charge is 2.42. The number of hydrogen-bond donors (Lipinski definition) is 1. The molecule has 1 unspecified atom stereocenters. The van der Waals surface area contributed by atoms with Crippen LogP contribution in [-0.2, 0) is 12.8 Å². The first-order valence-electron chi connectivity index (χ1n) is 5.42. The molecule has 3 rings (SSSR count). The maximum Gasteiger partial charge on any atom is 0.191 e. The average Bonchev–Trinajstić information content (AvgIpc) is 2.69. The van der Waals surface area contributed by atoms with Crippen molar-refractivity contribution in [1.82, 2.24) is 4.90 Å². The Morgan fingerprint density at radius 1 is 1.44 bits per heavy atom. The van der Waals surface area contributed by atoms with E-state index >= 15 is 0 Å². The first-order chi connectivity index (χ1) is 7.60. The number of nitrogens with zero attached hydrogens (tertiary/aromatic N) is 2. The molecule has 1 atom stereocenters. The largest absolute Gasteiger partial charge is 0.370 e. The van der Waals surface area contributed by atoms with Crippen LogP contribution in [0.15, 0.2) is 27.7 Å². The molecule has 0 aromatic heterocycles. The Hall–Kier alpha value is -1.03. The van der Waals surface area contributed by atoms with Gasteiger partial charge in [-0.1, -0.05) is 28.1 Å². The van der Waals surface area contributed by atoms with Crippen LogP contribution in [0.4, 0.5) is 0 Å². The van der Waals surface area contributed by atoms with Crippen LogP contribution in [0.3, 0.4) is 0 Å². The van der Waals surface area contributed by atoms with Gasteiger partial charge in [0, 0.05) is 30.9 Å². The minimum Gasteiger partial charge on any atom is -0.370 e. The first kappa shape index (κ1) is 10.1. The second-order valence-electron chi connectivity index (χ2n) is 4.78. The van der Waals surface area contributed by atoms with Gasteiger partial charge in [-0.2, -0.15) is 0 Å². The Morgan fingerprint density at radius 2 is 2.25 bits per heavy atom. The number of fused-ring (bicyclic) bond motifs is 1. The highest BCUT2D eigenvalue weighted by Crippen LogP contribution is 2.39. The number of benzene rings is 1. The monoisotopic (exact) mass is 279 g/mol. The number of halogens is 1. The standard InChI is InChI=1S/C12H14BrN3/c1-16-7-12(15-11(16)14)5-8-3-2-4-10(13)9(8)6-12/h2-4H,5-7H2,1H3,(H2,14,15). The fraction of sp³-hybridized carbons (Fsp3) is 0.417. The number of guanidine groups is 1. The van der Waals surface area contributed by atoms with E-state index in [-0.39, 0.29) is 5.54 Å². The molecule has 1 aromatic carbocycles. The third-order valence-electron chi connectivity index (χ3n) is 3.52. The van der Waals surface area contributed by atoms with Crippen molar-refractivity contribution >= 4 is 21.9 Å². The van der Waals surface area contributed by atoms with Crippen LogP contribution >= 0.6 is 15.9 Å². The molecule has 16 heavy (non-hydrogen) atoms. The van der Waals surface area contributed by atoms with Gasteiger partial charge in [0.1, 0.15) is 0 Å². The molecule has 1 spiro atoms.